The molecule has 1 aromatic heterocycles. The van der Waals surface area contributed by atoms with Crippen LogP contribution in [0, 0.1) is 20.8 Å². The maximum absolute atomic E-state index is 12.1. The van der Waals surface area contributed by atoms with E-state index in [1.165, 1.54) is 13.8 Å². The van der Waals surface area contributed by atoms with E-state index in [-0.39, 0.29) is 16.3 Å². The lowest BCUT2D eigenvalue weighted by molar-refractivity contribution is 0.0945. The highest BCUT2D eigenvalue weighted by molar-refractivity contribution is 7.89. The van der Waals surface area contributed by atoms with Crippen molar-refractivity contribution >= 4 is 15.9 Å². The maximum atomic E-state index is 12.1. The van der Waals surface area contributed by atoms with Gasteiger partial charge in [-0.25, -0.2) is 8.42 Å². The molecule has 0 aliphatic rings. The number of benzene rings is 1. The van der Waals surface area contributed by atoms with Crippen LogP contribution in [-0.2, 0) is 10.0 Å². The Morgan fingerprint density at radius 3 is 2.29 bits per heavy atom. The van der Waals surface area contributed by atoms with Gasteiger partial charge in [0.15, 0.2) is 5.76 Å². The van der Waals surface area contributed by atoms with Crippen molar-refractivity contribution in [2.45, 2.75) is 25.7 Å². The molecule has 21 heavy (non-hydrogen) atoms. The van der Waals surface area contributed by atoms with Crippen LogP contribution in [0.5, 0.6) is 0 Å². The lowest BCUT2D eigenvalue weighted by atomic mass is 10.1. The van der Waals surface area contributed by atoms with Gasteiger partial charge in [-0.15, -0.1) is 4.83 Å². The molecule has 1 heterocycles. The number of aryl methyl sites for hydroxylation is 3. The predicted molar refractivity (Wildman–Crippen MR) is 74.9 cm³/mol. The fourth-order valence-electron chi connectivity index (χ4n) is 1.80. The van der Waals surface area contributed by atoms with Crippen molar-refractivity contribution in [1.82, 2.24) is 15.4 Å². The average Bonchev–Trinajstić information content (AvgIpc) is 2.77. The van der Waals surface area contributed by atoms with Gasteiger partial charge in [0.05, 0.1) is 0 Å². The van der Waals surface area contributed by atoms with Crippen molar-refractivity contribution in [2.75, 3.05) is 0 Å². The molecule has 112 valence electrons. The third-order valence-corrected chi connectivity index (χ3v) is 4.34. The molecule has 0 atom stereocenters. The topological polar surface area (TPSA) is 101 Å². The zero-order valence-electron chi connectivity index (χ0n) is 11.8. The van der Waals surface area contributed by atoms with Crippen molar-refractivity contribution in [3.8, 4) is 0 Å². The van der Waals surface area contributed by atoms with E-state index in [0.717, 1.165) is 5.56 Å². The van der Waals surface area contributed by atoms with E-state index in [1.807, 2.05) is 11.8 Å². The summed E-state index contributed by atoms with van der Waals surface area (Å²) < 4.78 is 29.0. The number of nitrogens with one attached hydrogen (secondary N) is 2. The lowest BCUT2D eigenvalue weighted by Crippen LogP contribution is -2.41. The van der Waals surface area contributed by atoms with Crippen molar-refractivity contribution in [3.05, 3.63) is 46.8 Å². The summed E-state index contributed by atoms with van der Waals surface area (Å²) in [5.74, 6) is -0.394. The van der Waals surface area contributed by atoms with Gasteiger partial charge in [-0.3, -0.25) is 10.2 Å². The first-order valence-electron chi connectivity index (χ1n) is 6.13. The molecule has 2 aromatic rings. The summed E-state index contributed by atoms with van der Waals surface area (Å²) in [6, 6.07) is 6.74. The maximum Gasteiger partial charge on any atom is 0.266 e. The molecule has 2 rings (SSSR count). The summed E-state index contributed by atoms with van der Waals surface area (Å²) >= 11 is 0. The number of nitrogens with zero attached hydrogens (tertiary/aromatic N) is 1. The van der Waals surface area contributed by atoms with Gasteiger partial charge in [0.25, 0.3) is 15.9 Å². The Labute approximate surface area is 122 Å². The van der Waals surface area contributed by atoms with Gasteiger partial charge in [-0.1, -0.05) is 22.9 Å². The van der Waals surface area contributed by atoms with E-state index in [1.54, 1.807) is 24.3 Å². The SMILES string of the molecule is Cc1ccc(C(=O)NNS(=O)(=O)c2c(C)noc2C)cc1. The molecular formula is C13H15N3O4S. The minimum atomic E-state index is -3.93. The second-order valence-corrected chi connectivity index (χ2v) is 6.20. The molecule has 7 nitrogen and oxygen atoms in total. The van der Waals surface area contributed by atoms with Crippen LogP contribution in [0.3, 0.4) is 0 Å². The number of rotatable bonds is 4. The van der Waals surface area contributed by atoms with E-state index >= 15 is 0 Å². The normalized spacial score (nSPS) is 11.4. The molecular weight excluding hydrogens is 294 g/mol. The first-order valence-corrected chi connectivity index (χ1v) is 7.61. The van der Waals surface area contributed by atoms with Crippen molar-refractivity contribution in [1.29, 1.82) is 0 Å². The van der Waals surface area contributed by atoms with Gasteiger partial charge >= 0.3 is 0 Å². The Bertz CT molecular complexity index is 744. The number of aromatic nitrogens is 1. The Morgan fingerprint density at radius 1 is 1.14 bits per heavy atom. The minimum Gasteiger partial charge on any atom is -0.360 e. The Balaban J connectivity index is 2.12. The van der Waals surface area contributed by atoms with Crippen LogP contribution in [0.25, 0.3) is 0 Å². The molecule has 0 unspecified atom stereocenters. The number of hydrogen-bond acceptors (Lipinski definition) is 5. The molecule has 0 aliphatic carbocycles. The Kier molecular flexibility index (Phi) is 4.10. The number of hydrazine groups is 1. The third kappa shape index (κ3) is 3.29. The summed E-state index contributed by atoms with van der Waals surface area (Å²) in [4.78, 5) is 13.8. The minimum absolute atomic E-state index is 0.0771. The van der Waals surface area contributed by atoms with Crippen molar-refractivity contribution < 1.29 is 17.7 Å². The van der Waals surface area contributed by atoms with E-state index in [2.05, 4.69) is 10.6 Å². The van der Waals surface area contributed by atoms with Gasteiger partial charge in [-0.05, 0) is 32.9 Å². The van der Waals surface area contributed by atoms with E-state index in [4.69, 9.17) is 4.52 Å². The smallest absolute Gasteiger partial charge is 0.266 e. The monoisotopic (exact) mass is 309 g/mol. The molecule has 1 aromatic carbocycles. The van der Waals surface area contributed by atoms with Crippen LogP contribution in [0.4, 0.5) is 0 Å². The largest absolute Gasteiger partial charge is 0.360 e. The van der Waals surface area contributed by atoms with Gasteiger partial charge in [0, 0.05) is 5.56 Å². The summed E-state index contributed by atoms with van der Waals surface area (Å²) in [6.45, 7) is 4.88. The summed E-state index contributed by atoms with van der Waals surface area (Å²) in [5, 5.41) is 3.57. The molecule has 0 bridgehead atoms. The number of amides is 1. The Hall–Kier alpha value is -2.19. The molecule has 0 saturated carbocycles. The quantitative estimate of drug-likeness (QED) is 0.827. The van der Waals surface area contributed by atoms with E-state index < -0.39 is 15.9 Å². The Morgan fingerprint density at radius 2 is 1.76 bits per heavy atom. The van der Waals surface area contributed by atoms with Crippen LogP contribution in [0.1, 0.15) is 27.4 Å². The first-order chi connectivity index (χ1) is 9.81. The fraction of sp³-hybridized carbons (Fsp3) is 0.231. The van der Waals surface area contributed by atoms with Crippen LogP contribution < -0.4 is 10.3 Å². The van der Waals surface area contributed by atoms with Gasteiger partial charge in [-0.2, -0.15) is 0 Å². The number of sulfonamides is 1. The summed E-state index contributed by atoms with van der Waals surface area (Å²) in [5.41, 5.74) is 3.73. The number of carbonyl (C=O) groups is 1. The summed E-state index contributed by atoms with van der Waals surface area (Å²) in [6.07, 6.45) is 0. The zero-order chi connectivity index (χ0) is 15.6. The molecule has 0 fully saturated rings. The van der Waals surface area contributed by atoms with Crippen LogP contribution in [0.2, 0.25) is 0 Å². The van der Waals surface area contributed by atoms with E-state index in [0.29, 0.717) is 5.56 Å². The standard InChI is InChI=1S/C13H15N3O4S/c1-8-4-6-11(7-5-8)13(17)14-16-21(18,19)12-9(2)15-20-10(12)3/h4-7,16H,1-3H3,(H,14,17). The van der Waals surface area contributed by atoms with E-state index in [9.17, 15) is 13.2 Å². The fourth-order valence-corrected chi connectivity index (χ4v) is 2.97. The molecule has 8 heteroatoms. The zero-order valence-corrected chi connectivity index (χ0v) is 12.6. The highest BCUT2D eigenvalue weighted by Crippen LogP contribution is 2.17. The van der Waals surface area contributed by atoms with Crippen molar-refractivity contribution in [3.63, 3.8) is 0 Å². The summed E-state index contributed by atoms with van der Waals surface area (Å²) in [7, 11) is -3.93. The van der Waals surface area contributed by atoms with Gasteiger partial charge in [0.1, 0.15) is 10.6 Å². The molecule has 0 radical (unpaired) electrons. The van der Waals surface area contributed by atoms with Crippen molar-refractivity contribution in [2.24, 2.45) is 0 Å². The van der Waals surface area contributed by atoms with Gasteiger partial charge in [0.2, 0.25) is 0 Å². The highest BCUT2D eigenvalue weighted by atomic mass is 32.2. The third-order valence-electron chi connectivity index (χ3n) is 2.85. The molecule has 0 aliphatic heterocycles. The van der Waals surface area contributed by atoms with Crippen LogP contribution in [-0.4, -0.2) is 19.5 Å². The lowest BCUT2D eigenvalue weighted by Gasteiger charge is -2.08. The highest BCUT2D eigenvalue weighted by Gasteiger charge is 2.24. The first kappa shape index (κ1) is 15.2. The molecule has 2 N–H and O–H groups in total. The second-order valence-electron chi connectivity index (χ2n) is 4.58. The molecule has 0 saturated heterocycles. The van der Waals surface area contributed by atoms with Gasteiger partial charge < -0.3 is 4.52 Å². The average molecular weight is 309 g/mol. The predicted octanol–water partition coefficient (Wildman–Crippen LogP) is 1.22. The second kappa shape index (κ2) is 5.66. The molecule has 0 spiro atoms. The number of hydrogen-bond donors (Lipinski definition) is 2. The molecule has 1 amide bonds. The number of carbonyl (C=O) groups excluding carboxylic acids is 1. The van der Waals surface area contributed by atoms with Crippen LogP contribution in [0.15, 0.2) is 33.7 Å². The van der Waals surface area contributed by atoms with Crippen LogP contribution >= 0.6 is 0 Å².